The second-order valence-electron chi connectivity index (χ2n) is 4.64. The van der Waals surface area contributed by atoms with Gasteiger partial charge in [0.25, 0.3) is 5.91 Å². The Morgan fingerprint density at radius 1 is 1.35 bits per heavy atom. The fourth-order valence-electron chi connectivity index (χ4n) is 1.47. The molecule has 1 amide bonds. The predicted molar refractivity (Wildman–Crippen MR) is 69.2 cm³/mol. The van der Waals surface area contributed by atoms with E-state index in [1.807, 2.05) is 26.0 Å². The van der Waals surface area contributed by atoms with Crippen molar-refractivity contribution in [3.8, 4) is 0 Å². The van der Waals surface area contributed by atoms with Gasteiger partial charge in [-0.3, -0.25) is 4.79 Å². The van der Waals surface area contributed by atoms with Gasteiger partial charge in [0.1, 0.15) is 0 Å². The maximum Gasteiger partial charge on any atom is 0.251 e. The number of nitrogens with one attached hydrogen (secondary N) is 1. The van der Waals surface area contributed by atoms with E-state index in [9.17, 15) is 4.79 Å². The monoisotopic (exact) mass is 255 g/mol. The van der Waals surface area contributed by atoms with Gasteiger partial charge in [-0.05, 0) is 38.0 Å². The number of benzene rings is 1. The zero-order chi connectivity index (χ0) is 12.9. The Morgan fingerprint density at radius 3 is 2.41 bits per heavy atom. The fraction of sp³-hybridized carbons (Fsp3) is 0.462. The normalized spacial score (nSPS) is 11.3. The second-order valence-corrected chi connectivity index (χ2v) is 4.91. The Bertz CT molecular complexity index is 374. The molecule has 0 atom stereocenters. The van der Waals surface area contributed by atoms with Crippen molar-refractivity contribution in [3.05, 3.63) is 35.4 Å². The summed E-state index contributed by atoms with van der Waals surface area (Å²) in [7, 11) is 0. The highest BCUT2D eigenvalue weighted by Crippen LogP contribution is 2.11. The Balaban J connectivity index is 2.69. The van der Waals surface area contributed by atoms with Crippen LogP contribution in [0.1, 0.15) is 36.2 Å². The van der Waals surface area contributed by atoms with E-state index in [1.54, 1.807) is 12.1 Å². The third-order valence-electron chi connectivity index (χ3n) is 2.56. The molecule has 1 rings (SSSR count). The summed E-state index contributed by atoms with van der Waals surface area (Å²) in [6.07, 6.45) is 0.526. The molecule has 1 aromatic carbocycles. The number of amides is 1. The molecule has 0 aliphatic heterocycles. The average molecular weight is 256 g/mol. The lowest BCUT2D eigenvalue weighted by molar-refractivity contribution is 0.0899. The van der Waals surface area contributed by atoms with E-state index >= 15 is 0 Å². The molecule has 4 heteroatoms. The Labute approximate surface area is 107 Å². The molecule has 0 saturated heterocycles. The summed E-state index contributed by atoms with van der Waals surface area (Å²) in [6, 6.07) is 7.17. The quantitative estimate of drug-likeness (QED) is 0.794. The molecule has 2 N–H and O–H groups in total. The van der Waals surface area contributed by atoms with Crippen LogP contribution in [0.2, 0.25) is 0 Å². The summed E-state index contributed by atoms with van der Waals surface area (Å²) in [6.45, 7) is 3.82. The summed E-state index contributed by atoms with van der Waals surface area (Å²) in [5, 5.41) is 11.8. The van der Waals surface area contributed by atoms with Crippen LogP contribution in [0.5, 0.6) is 0 Å². The third-order valence-corrected chi connectivity index (χ3v) is 2.87. The Kier molecular flexibility index (Phi) is 4.97. The Hall–Kier alpha value is -1.06. The summed E-state index contributed by atoms with van der Waals surface area (Å²) in [5.41, 5.74) is 1.18. The minimum Gasteiger partial charge on any atom is -0.396 e. The highest BCUT2D eigenvalue weighted by molar-refractivity contribution is 6.17. The SMILES string of the molecule is CC(C)(CCO)NC(=O)c1ccc(CCl)cc1. The first-order valence-electron chi connectivity index (χ1n) is 5.57. The van der Waals surface area contributed by atoms with Gasteiger partial charge in [-0.2, -0.15) is 0 Å². The van der Waals surface area contributed by atoms with Crippen LogP contribution in [0, 0.1) is 0 Å². The molecule has 0 heterocycles. The third kappa shape index (κ3) is 4.36. The second kappa shape index (κ2) is 6.03. The average Bonchev–Trinajstić information content (AvgIpc) is 2.28. The first-order valence-corrected chi connectivity index (χ1v) is 6.10. The molecule has 0 saturated carbocycles. The van der Waals surface area contributed by atoms with Gasteiger partial charge in [0.15, 0.2) is 0 Å². The molecule has 0 radical (unpaired) electrons. The number of aliphatic hydroxyl groups is 1. The molecule has 94 valence electrons. The molecule has 0 fully saturated rings. The van der Waals surface area contributed by atoms with E-state index in [2.05, 4.69) is 5.32 Å². The van der Waals surface area contributed by atoms with E-state index in [1.165, 1.54) is 0 Å². The van der Waals surface area contributed by atoms with Crippen molar-refractivity contribution in [1.29, 1.82) is 0 Å². The molecule has 0 aliphatic rings. The van der Waals surface area contributed by atoms with Crippen molar-refractivity contribution in [1.82, 2.24) is 5.32 Å². The van der Waals surface area contributed by atoms with Crippen LogP contribution in [-0.4, -0.2) is 23.2 Å². The number of rotatable bonds is 5. The van der Waals surface area contributed by atoms with Crippen LogP contribution in [0.15, 0.2) is 24.3 Å². The largest absolute Gasteiger partial charge is 0.396 e. The number of hydrogen-bond donors (Lipinski definition) is 2. The van der Waals surface area contributed by atoms with Crippen molar-refractivity contribution >= 4 is 17.5 Å². The number of hydrogen-bond acceptors (Lipinski definition) is 2. The van der Waals surface area contributed by atoms with Crippen LogP contribution in [-0.2, 0) is 5.88 Å². The standard InChI is InChI=1S/C13H18ClNO2/c1-13(2,7-8-16)15-12(17)11-5-3-10(9-14)4-6-11/h3-6,16H,7-9H2,1-2H3,(H,15,17). The number of carbonyl (C=O) groups is 1. The molecule has 0 aliphatic carbocycles. The van der Waals surface area contributed by atoms with Gasteiger partial charge in [-0.25, -0.2) is 0 Å². The fourth-order valence-corrected chi connectivity index (χ4v) is 1.64. The molecule has 0 spiro atoms. The molecule has 17 heavy (non-hydrogen) atoms. The summed E-state index contributed by atoms with van der Waals surface area (Å²) < 4.78 is 0. The van der Waals surface area contributed by atoms with Crippen LogP contribution >= 0.6 is 11.6 Å². The highest BCUT2D eigenvalue weighted by atomic mass is 35.5. The van der Waals surface area contributed by atoms with E-state index in [0.29, 0.717) is 17.9 Å². The molecule has 0 bridgehead atoms. The van der Waals surface area contributed by atoms with E-state index in [-0.39, 0.29) is 12.5 Å². The minimum absolute atomic E-state index is 0.0540. The summed E-state index contributed by atoms with van der Waals surface area (Å²) in [4.78, 5) is 11.9. The summed E-state index contributed by atoms with van der Waals surface area (Å²) >= 11 is 5.68. The van der Waals surface area contributed by atoms with Gasteiger partial charge in [0, 0.05) is 23.6 Å². The lowest BCUT2D eigenvalue weighted by atomic mass is 10.0. The zero-order valence-corrected chi connectivity index (χ0v) is 10.9. The van der Waals surface area contributed by atoms with Gasteiger partial charge in [0.2, 0.25) is 0 Å². The first-order chi connectivity index (χ1) is 7.98. The lowest BCUT2D eigenvalue weighted by Crippen LogP contribution is -2.44. The molecule has 0 aromatic heterocycles. The first kappa shape index (κ1) is 14.0. The van der Waals surface area contributed by atoms with Gasteiger partial charge in [-0.15, -0.1) is 11.6 Å². The number of alkyl halides is 1. The highest BCUT2D eigenvalue weighted by Gasteiger charge is 2.20. The topological polar surface area (TPSA) is 49.3 Å². The van der Waals surface area contributed by atoms with Crippen LogP contribution in [0.4, 0.5) is 0 Å². The van der Waals surface area contributed by atoms with E-state index in [0.717, 1.165) is 5.56 Å². The maximum absolute atomic E-state index is 11.9. The van der Waals surface area contributed by atoms with Gasteiger partial charge >= 0.3 is 0 Å². The molecule has 0 unspecified atom stereocenters. The maximum atomic E-state index is 11.9. The molecule has 3 nitrogen and oxygen atoms in total. The van der Waals surface area contributed by atoms with E-state index in [4.69, 9.17) is 16.7 Å². The number of halogens is 1. The Morgan fingerprint density at radius 2 is 1.94 bits per heavy atom. The van der Waals surface area contributed by atoms with Crippen LogP contribution in [0.3, 0.4) is 0 Å². The minimum atomic E-state index is -0.406. The van der Waals surface area contributed by atoms with Crippen molar-refractivity contribution in [2.75, 3.05) is 6.61 Å². The van der Waals surface area contributed by atoms with Crippen LogP contribution in [0.25, 0.3) is 0 Å². The van der Waals surface area contributed by atoms with Crippen molar-refractivity contribution in [2.45, 2.75) is 31.7 Å². The van der Waals surface area contributed by atoms with Crippen molar-refractivity contribution in [3.63, 3.8) is 0 Å². The van der Waals surface area contributed by atoms with Gasteiger partial charge in [0.05, 0.1) is 0 Å². The molecule has 1 aromatic rings. The van der Waals surface area contributed by atoms with Crippen molar-refractivity contribution in [2.24, 2.45) is 0 Å². The van der Waals surface area contributed by atoms with Crippen LogP contribution < -0.4 is 5.32 Å². The lowest BCUT2D eigenvalue weighted by Gasteiger charge is -2.25. The molecular weight excluding hydrogens is 238 g/mol. The summed E-state index contributed by atoms with van der Waals surface area (Å²) in [5.74, 6) is 0.308. The van der Waals surface area contributed by atoms with E-state index < -0.39 is 5.54 Å². The predicted octanol–water partition coefficient (Wildman–Crippen LogP) is 2.32. The van der Waals surface area contributed by atoms with Crippen molar-refractivity contribution < 1.29 is 9.90 Å². The number of carbonyl (C=O) groups excluding carboxylic acids is 1. The zero-order valence-electron chi connectivity index (χ0n) is 10.2. The number of aliphatic hydroxyl groups excluding tert-OH is 1. The van der Waals surface area contributed by atoms with Gasteiger partial charge in [-0.1, -0.05) is 12.1 Å². The molecular formula is C13H18ClNO2. The smallest absolute Gasteiger partial charge is 0.251 e. The van der Waals surface area contributed by atoms with Gasteiger partial charge < -0.3 is 10.4 Å².